The van der Waals surface area contributed by atoms with E-state index in [0.29, 0.717) is 16.7 Å². The Morgan fingerprint density at radius 1 is 1.19 bits per heavy atom. The number of hydrogen-bond acceptors (Lipinski definition) is 3. The molecule has 0 aliphatic carbocycles. The summed E-state index contributed by atoms with van der Waals surface area (Å²) in [6.07, 6.45) is 0. The summed E-state index contributed by atoms with van der Waals surface area (Å²) < 4.78 is 1.80. The first-order valence-electron chi connectivity index (χ1n) is 4.75. The van der Waals surface area contributed by atoms with Gasteiger partial charge in [0.1, 0.15) is 0 Å². The van der Waals surface area contributed by atoms with Gasteiger partial charge in [0, 0.05) is 0 Å². The third-order valence-electron chi connectivity index (χ3n) is 2.29. The topological polar surface area (TPSA) is 43.6 Å². The Morgan fingerprint density at radius 2 is 1.94 bits per heavy atom. The molecule has 2 aromatic rings. The maximum atomic E-state index is 6.05. The highest BCUT2D eigenvalue weighted by molar-refractivity contribution is 6.31. The van der Waals surface area contributed by atoms with Crippen LogP contribution in [0.15, 0.2) is 12.1 Å². The normalized spacial score (nSPS) is 10.8. The maximum Gasteiger partial charge on any atom is 0.151 e. The van der Waals surface area contributed by atoms with E-state index in [1.54, 1.807) is 10.7 Å². The number of halogens is 2. The van der Waals surface area contributed by atoms with Crippen LogP contribution in [0.25, 0.3) is 0 Å². The predicted octanol–water partition coefficient (Wildman–Crippen LogP) is 2.65. The Morgan fingerprint density at radius 3 is 2.44 bits per heavy atom. The summed E-state index contributed by atoms with van der Waals surface area (Å²) in [4.78, 5) is 0. The van der Waals surface area contributed by atoms with Gasteiger partial charge in [-0.15, -0.1) is 5.10 Å². The summed E-state index contributed by atoms with van der Waals surface area (Å²) in [5.74, 6) is 0. The second-order valence-electron chi connectivity index (χ2n) is 3.49. The van der Waals surface area contributed by atoms with Crippen LogP contribution in [0.5, 0.6) is 0 Å². The minimum atomic E-state index is 0.384. The third-order valence-corrected chi connectivity index (χ3v) is 3.04. The van der Waals surface area contributed by atoms with Gasteiger partial charge in [0.05, 0.1) is 28.6 Å². The summed E-state index contributed by atoms with van der Waals surface area (Å²) in [5.41, 5.74) is 2.55. The van der Waals surface area contributed by atoms with Crippen molar-refractivity contribution >= 4 is 23.2 Å². The largest absolute Gasteiger partial charge is 0.262 e. The van der Waals surface area contributed by atoms with Gasteiger partial charge in [-0.05, 0) is 26.0 Å². The molecule has 0 aliphatic heterocycles. The van der Waals surface area contributed by atoms with E-state index in [0.717, 1.165) is 17.1 Å². The molecule has 0 unspecified atom stereocenters. The van der Waals surface area contributed by atoms with Crippen LogP contribution in [0.3, 0.4) is 0 Å². The minimum Gasteiger partial charge on any atom is -0.262 e. The Kier molecular flexibility index (Phi) is 3.12. The van der Waals surface area contributed by atoms with Gasteiger partial charge < -0.3 is 0 Å². The lowest BCUT2D eigenvalue weighted by Gasteiger charge is -2.02. The Balaban J connectivity index is 2.27. The molecule has 84 valence electrons. The molecule has 0 N–H and O–H groups in total. The number of hydrogen-bond donors (Lipinski definition) is 0. The number of aryl methyl sites for hydroxylation is 1. The van der Waals surface area contributed by atoms with E-state index in [4.69, 9.17) is 23.2 Å². The number of aromatic nitrogens is 4. The molecule has 0 atom stereocenters. The predicted molar refractivity (Wildman–Crippen MR) is 62.9 cm³/mol. The lowest BCUT2D eigenvalue weighted by Crippen LogP contribution is -2.06. The van der Waals surface area contributed by atoms with E-state index in [9.17, 15) is 0 Å². The van der Waals surface area contributed by atoms with Crippen molar-refractivity contribution in [3.05, 3.63) is 39.4 Å². The van der Waals surface area contributed by atoms with Crippen LogP contribution in [0.2, 0.25) is 10.2 Å². The number of nitrogens with zero attached hydrogens (tertiary/aromatic N) is 4. The van der Waals surface area contributed by atoms with Crippen molar-refractivity contribution in [1.29, 1.82) is 0 Å². The lowest BCUT2D eigenvalue weighted by molar-refractivity contribution is 0.639. The fraction of sp³-hybridized carbons (Fsp3) is 0.300. The Labute approximate surface area is 103 Å². The SMILES string of the molecule is Cc1nn(Cc2ccc(Cl)nn2)c(C)c1Cl. The van der Waals surface area contributed by atoms with E-state index in [2.05, 4.69) is 15.3 Å². The van der Waals surface area contributed by atoms with Crippen molar-refractivity contribution in [3.8, 4) is 0 Å². The van der Waals surface area contributed by atoms with Crippen molar-refractivity contribution < 1.29 is 0 Å². The zero-order chi connectivity index (χ0) is 11.7. The molecule has 4 nitrogen and oxygen atoms in total. The molecule has 0 saturated heterocycles. The molecule has 16 heavy (non-hydrogen) atoms. The van der Waals surface area contributed by atoms with Crippen molar-refractivity contribution in [2.45, 2.75) is 20.4 Å². The van der Waals surface area contributed by atoms with Crippen LogP contribution >= 0.6 is 23.2 Å². The lowest BCUT2D eigenvalue weighted by atomic mass is 10.3. The molecule has 0 aliphatic rings. The van der Waals surface area contributed by atoms with Crippen LogP contribution in [0, 0.1) is 13.8 Å². The molecule has 0 amide bonds. The van der Waals surface area contributed by atoms with Crippen molar-refractivity contribution in [2.24, 2.45) is 0 Å². The van der Waals surface area contributed by atoms with Gasteiger partial charge in [-0.2, -0.15) is 10.2 Å². The molecule has 6 heteroatoms. The highest BCUT2D eigenvalue weighted by Gasteiger charge is 2.09. The Bertz CT molecular complexity index is 504. The fourth-order valence-corrected chi connectivity index (χ4v) is 1.65. The quantitative estimate of drug-likeness (QED) is 0.830. The van der Waals surface area contributed by atoms with Gasteiger partial charge >= 0.3 is 0 Å². The summed E-state index contributed by atoms with van der Waals surface area (Å²) >= 11 is 11.7. The van der Waals surface area contributed by atoms with Crippen molar-refractivity contribution in [3.63, 3.8) is 0 Å². The van der Waals surface area contributed by atoms with E-state index in [1.165, 1.54) is 0 Å². The van der Waals surface area contributed by atoms with Crippen LogP contribution < -0.4 is 0 Å². The van der Waals surface area contributed by atoms with Gasteiger partial charge in [0.2, 0.25) is 0 Å². The summed E-state index contributed by atoms with van der Waals surface area (Å²) in [7, 11) is 0. The zero-order valence-corrected chi connectivity index (χ0v) is 10.4. The van der Waals surface area contributed by atoms with Crippen LogP contribution in [-0.4, -0.2) is 20.0 Å². The molecule has 0 bridgehead atoms. The second kappa shape index (κ2) is 4.39. The van der Waals surface area contributed by atoms with Crippen molar-refractivity contribution in [2.75, 3.05) is 0 Å². The van der Waals surface area contributed by atoms with Gasteiger partial charge in [-0.1, -0.05) is 23.2 Å². The van der Waals surface area contributed by atoms with Gasteiger partial charge in [0.15, 0.2) is 5.15 Å². The molecular weight excluding hydrogens is 247 g/mol. The van der Waals surface area contributed by atoms with Crippen LogP contribution in [0.4, 0.5) is 0 Å². The highest BCUT2D eigenvalue weighted by Crippen LogP contribution is 2.19. The molecule has 0 spiro atoms. The second-order valence-corrected chi connectivity index (χ2v) is 4.26. The first-order chi connectivity index (χ1) is 7.58. The smallest absolute Gasteiger partial charge is 0.151 e. The highest BCUT2D eigenvalue weighted by atomic mass is 35.5. The zero-order valence-electron chi connectivity index (χ0n) is 8.91. The molecule has 0 aromatic carbocycles. The van der Waals surface area contributed by atoms with Crippen molar-refractivity contribution in [1.82, 2.24) is 20.0 Å². The molecule has 0 fully saturated rings. The van der Waals surface area contributed by atoms with Gasteiger partial charge in [0.25, 0.3) is 0 Å². The molecule has 2 aromatic heterocycles. The third kappa shape index (κ3) is 2.18. The molecule has 0 saturated carbocycles. The average molecular weight is 257 g/mol. The van der Waals surface area contributed by atoms with E-state index in [-0.39, 0.29) is 0 Å². The van der Waals surface area contributed by atoms with Crippen LogP contribution in [-0.2, 0) is 6.54 Å². The average Bonchev–Trinajstić information content (AvgIpc) is 2.50. The fourth-order valence-electron chi connectivity index (χ4n) is 1.41. The van der Waals surface area contributed by atoms with E-state index < -0.39 is 0 Å². The van der Waals surface area contributed by atoms with Gasteiger partial charge in [-0.3, -0.25) is 4.68 Å². The Hall–Kier alpha value is -1.13. The molecule has 2 heterocycles. The monoisotopic (exact) mass is 256 g/mol. The van der Waals surface area contributed by atoms with Gasteiger partial charge in [-0.25, -0.2) is 0 Å². The van der Waals surface area contributed by atoms with E-state index >= 15 is 0 Å². The molecule has 2 rings (SSSR count). The standard InChI is InChI=1S/C10H10Cl2N4/c1-6-10(12)7(2)16(15-6)5-8-3-4-9(11)14-13-8/h3-4H,5H2,1-2H3. The van der Waals surface area contributed by atoms with Crippen LogP contribution in [0.1, 0.15) is 17.1 Å². The first kappa shape index (κ1) is 11.4. The molecular formula is C10H10Cl2N4. The summed E-state index contributed by atoms with van der Waals surface area (Å²) in [6, 6.07) is 3.52. The first-order valence-corrected chi connectivity index (χ1v) is 5.51. The summed E-state index contributed by atoms with van der Waals surface area (Å²) in [5, 5.41) is 13.1. The minimum absolute atomic E-state index is 0.384. The van der Waals surface area contributed by atoms with E-state index in [1.807, 2.05) is 19.9 Å². The number of rotatable bonds is 2. The molecule has 0 radical (unpaired) electrons. The maximum absolute atomic E-state index is 6.05. The summed E-state index contributed by atoms with van der Waals surface area (Å²) in [6.45, 7) is 4.34.